The number of hydrogen-bond acceptors (Lipinski definition) is 3. The lowest BCUT2D eigenvalue weighted by atomic mass is 10.0. The number of benzene rings is 3. The largest absolute Gasteiger partial charge is 0.324 e. The van der Waals surface area contributed by atoms with Gasteiger partial charge in [-0.05, 0) is 43.5 Å². The molecule has 0 aliphatic carbocycles. The van der Waals surface area contributed by atoms with E-state index in [0.29, 0.717) is 11.8 Å². The third-order valence-corrected chi connectivity index (χ3v) is 5.39. The van der Waals surface area contributed by atoms with Crippen LogP contribution in [-0.4, -0.2) is 15.7 Å². The molecule has 4 rings (SSSR count). The van der Waals surface area contributed by atoms with Gasteiger partial charge in [0.15, 0.2) is 0 Å². The average molecular weight is 412 g/mol. The molecule has 31 heavy (non-hydrogen) atoms. The normalized spacial score (nSPS) is 10.9. The van der Waals surface area contributed by atoms with Gasteiger partial charge in [-0.3, -0.25) is 9.59 Å². The summed E-state index contributed by atoms with van der Waals surface area (Å²) in [4.78, 5) is 25.8. The van der Waals surface area contributed by atoms with Crippen molar-refractivity contribution >= 4 is 22.4 Å². The molecule has 0 unspecified atom stereocenters. The Morgan fingerprint density at radius 3 is 2.19 bits per heavy atom. The van der Waals surface area contributed by atoms with Gasteiger partial charge >= 0.3 is 0 Å². The predicted octanol–water partition coefficient (Wildman–Crippen LogP) is 4.55. The van der Waals surface area contributed by atoms with Gasteiger partial charge in [0.25, 0.3) is 5.56 Å². The van der Waals surface area contributed by atoms with Crippen molar-refractivity contribution in [1.82, 2.24) is 9.78 Å². The Kier molecular flexibility index (Phi) is 5.67. The molecule has 1 N–H and O–H groups in total. The lowest BCUT2D eigenvalue weighted by Gasteiger charge is -2.14. The van der Waals surface area contributed by atoms with Crippen LogP contribution in [0.3, 0.4) is 0 Å². The van der Waals surface area contributed by atoms with Crippen molar-refractivity contribution in [2.75, 3.05) is 5.32 Å². The standard InChI is InChI=1S/C26H25N3O2/c1-17-13-18(2)25(19(3)14-17)27-24(30)16-29-26(31)22-12-8-7-11-21(22)23(28-29)15-20-9-5-4-6-10-20/h4-14H,15-16H2,1-3H3,(H,27,30). The lowest BCUT2D eigenvalue weighted by molar-refractivity contribution is -0.117. The number of nitrogens with one attached hydrogen (secondary N) is 1. The van der Waals surface area contributed by atoms with E-state index in [4.69, 9.17) is 0 Å². The van der Waals surface area contributed by atoms with Crippen LogP contribution in [0, 0.1) is 20.8 Å². The zero-order valence-electron chi connectivity index (χ0n) is 18.0. The molecule has 1 amide bonds. The quantitative estimate of drug-likeness (QED) is 0.524. The second-order valence-electron chi connectivity index (χ2n) is 7.94. The van der Waals surface area contributed by atoms with Crippen LogP contribution in [-0.2, 0) is 17.8 Å². The molecular formula is C26H25N3O2. The summed E-state index contributed by atoms with van der Waals surface area (Å²) in [5.74, 6) is -0.273. The van der Waals surface area contributed by atoms with E-state index in [2.05, 4.69) is 10.4 Å². The number of rotatable bonds is 5. The Morgan fingerprint density at radius 2 is 1.52 bits per heavy atom. The summed E-state index contributed by atoms with van der Waals surface area (Å²) < 4.78 is 1.27. The highest BCUT2D eigenvalue weighted by molar-refractivity contribution is 5.92. The lowest BCUT2D eigenvalue weighted by Crippen LogP contribution is -2.31. The molecule has 4 aromatic rings. The van der Waals surface area contributed by atoms with Gasteiger partial charge in [0.1, 0.15) is 6.54 Å². The molecule has 5 heteroatoms. The van der Waals surface area contributed by atoms with E-state index in [1.54, 1.807) is 6.07 Å². The Morgan fingerprint density at radius 1 is 0.903 bits per heavy atom. The molecule has 0 radical (unpaired) electrons. The number of amides is 1. The van der Waals surface area contributed by atoms with Crippen molar-refractivity contribution in [3.63, 3.8) is 0 Å². The van der Waals surface area contributed by atoms with Crippen LogP contribution in [0.15, 0.2) is 71.5 Å². The van der Waals surface area contributed by atoms with E-state index in [1.165, 1.54) is 4.68 Å². The Bertz CT molecular complexity index is 1300. The maximum atomic E-state index is 13.0. The summed E-state index contributed by atoms with van der Waals surface area (Å²) in [6.45, 7) is 5.82. The first kappa shape index (κ1) is 20.5. The minimum absolute atomic E-state index is 0.141. The number of carbonyl (C=O) groups excluding carboxylic acids is 1. The highest BCUT2D eigenvalue weighted by atomic mass is 16.2. The molecule has 0 saturated heterocycles. The molecular weight excluding hydrogens is 386 g/mol. The van der Waals surface area contributed by atoms with Crippen LogP contribution in [0.1, 0.15) is 27.9 Å². The van der Waals surface area contributed by atoms with Crippen molar-refractivity contribution in [2.45, 2.75) is 33.7 Å². The third-order valence-electron chi connectivity index (χ3n) is 5.39. The Balaban J connectivity index is 1.68. The molecule has 0 saturated carbocycles. The number of anilines is 1. The molecule has 0 atom stereocenters. The minimum Gasteiger partial charge on any atom is -0.324 e. The van der Waals surface area contributed by atoms with E-state index in [9.17, 15) is 9.59 Å². The van der Waals surface area contributed by atoms with Gasteiger partial charge in [-0.15, -0.1) is 0 Å². The van der Waals surface area contributed by atoms with Gasteiger partial charge in [-0.1, -0.05) is 66.2 Å². The third kappa shape index (κ3) is 4.40. The number of nitrogens with zero attached hydrogens (tertiary/aromatic N) is 2. The SMILES string of the molecule is Cc1cc(C)c(NC(=O)Cn2nc(Cc3ccccc3)c3ccccc3c2=O)c(C)c1. The molecule has 156 valence electrons. The van der Waals surface area contributed by atoms with Crippen molar-refractivity contribution in [2.24, 2.45) is 0 Å². The fourth-order valence-corrected chi connectivity index (χ4v) is 4.02. The second-order valence-corrected chi connectivity index (χ2v) is 7.94. The molecule has 0 aliphatic rings. The summed E-state index contributed by atoms with van der Waals surface area (Å²) in [5, 5.41) is 8.93. The average Bonchev–Trinajstić information content (AvgIpc) is 2.75. The molecule has 5 nitrogen and oxygen atoms in total. The Labute approximate surface area is 181 Å². The first-order valence-corrected chi connectivity index (χ1v) is 10.3. The molecule has 1 aromatic heterocycles. The highest BCUT2D eigenvalue weighted by Gasteiger charge is 2.15. The fraction of sp³-hybridized carbons (Fsp3) is 0.192. The first-order chi connectivity index (χ1) is 14.9. The van der Waals surface area contributed by atoms with Crippen molar-refractivity contribution in [3.05, 3.63) is 105 Å². The maximum Gasteiger partial charge on any atom is 0.275 e. The number of fused-ring (bicyclic) bond motifs is 1. The zero-order valence-corrected chi connectivity index (χ0v) is 18.0. The van der Waals surface area contributed by atoms with Crippen LogP contribution >= 0.6 is 0 Å². The molecule has 3 aromatic carbocycles. The zero-order chi connectivity index (χ0) is 22.0. The topological polar surface area (TPSA) is 64.0 Å². The number of aryl methyl sites for hydroxylation is 3. The monoisotopic (exact) mass is 411 g/mol. The fourth-order valence-electron chi connectivity index (χ4n) is 4.02. The summed E-state index contributed by atoms with van der Waals surface area (Å²) >= 11 is 0. The van der Waals surface area contributed by atoms with Crippen molar-refractivity contribution in [3.8, 4) is 0 Å². The second kappa shape index (κ2) is 8.56. The minimum atomic E-state index is -0.273. The van der Waals surface area contributed by atoms with Gasteiger partial charge in [-0.25, -0.2) is 4.68 Å². The Hall–Kier alpha value is -3.73. The predicted molar refractivity (Wildman–Crippen MR) is 125 cm³/mol. The van der Waals surface area contributed by atoms with Gasteiger partial charge in [0.2, 0.25) is 5.91 Å². The first-order valence-electron chi connectivity index (χ1n) is 10.3. The summed E-state index contributed by atoms with van der Waals surface area (Å²) in [5.41, 5.74) is 5.53. The number of carbonyl (C=O) groups is 1. The van der Waals surface area contributed by atoms with E-state index >= 15 is 0 Å². The summed E-state index contributed by atoms with van der Waals surface area (Å²) in [6, 6.07) is 21.5. The van der Waals surface area contributed by atoms with Crippen LogP contribution in [0.25, 0.3) is 10.8 Å². The van der Waals surface area contributed by atoms with Gasteiger partial charge in [0.05, 0.1) is 11.1 Å². The maximum absolute atomic E-state index is 13.0. The molecule has 0 spiro atoms. The van der Waals surface area contributed by atoms with Gasteiger partial charge in [-0.2, -0.15) is 5.10 Å². The number of aromatic nitrogens is 2. The van der Waals surface area contributed by atoms with Crippen LogP contribution < -0.4 is 10.9 Å². The van der Waals surface area contributed by atoms with Gasteiger partial charge in [0, 0.05) is 17.5 Å². The summed E-state index contributed by atoms with van der Waals surface area (Å²) in [7, 11) is 0. The molecule has 1 heterocycles. The van der Waals surface area contributed by atoms with Crippen molar-refractivity contribution in [1.29, 1.82) is 0 Å². The molecule has 0 aliphatic heterocycles. The van der Waals surface area contributed by atoms with Gasteiger partial charge < -0.3 is 5.32 Å². The summed E-state index contributed by atoms with van der Waals surface area (Å²) in [6.07, 6.45) is 0.583. The smallest absolute Gasteiger partial charge is 0.275 e. The molecule has 0 fully saturated rings. The van der Waals surface area contributed by atoms with Crippen molar-refractivity contribution < 1.29 is 4.79 Å². The molecule has 0 bridgehead atoms. The van der Waals surface area contributed by atoms with E-state index in [1.807, 2.05) is 81.4 Å². The van der Waals surface area contributed by atoms with E-state index < -0.39 is 0 Å². The van der Waals surface area contributed by atoms with Crippen LogP contribution in [0.5, 0.6) is 0 Å². The van der Waals surface area contributed by atoms with Crippen LogP contribution in [0.2, 0.25) is 0 Å². The van der Waals surface area contributed by atoms with E-state index in [-0.39, 0.29) is 18.0 Å². The number of hydrogen-bond donors (Lipinski definition) is 1. The van der Waals surface area contributed by atoms with E-state index in [0.717, 1.165) is 39.0 Å². The van der Waals surface area contributed by atoms with Crippen LogP contribution in [0.4, 0.5) is 5.69 Å². The highest BCUT2D eigenvalue weighted by Crippen LogP contribution is 2.22.